The maximum Gasteiger partial charge on any atom is 0.224 e. The summed E-state index contributed by atoms with van der Waals surface area (Å²) in [6.07, 6.45) is -3.81. The summed E-state index contributed by atoms with van der Waals surface area (Å²) in [5.41, 5.74) is 0.749. The van der Waals surface area contributed by atoms with Gasteiger partial charge in [-0.1, -0.05) is 18.2 Å². The molecule has 1 aromatic carbocycles. The van der Waals surface area contributed by atoms with Crippen molar-refractivity contribution < 1.29 is 34.4 Å². The van der Waals surface area contributed by atoms with Gasteiger partial charge in [0.25, 0.3) is 0 Å². The van der Waals surface area contributed by atoms with Crippen LogP contribution in [0.1, 0.15) is 32.6 Å². The minimum Gasteiger partial charge on any atom is -0.388 e. The molecule has 0 unspecified atom stereocenters. The topological polar surface area (TPSA) is 137 Å². The highest BCUT2D eigenvalue weighted by Crippen LogP contribution is 2.21. The zero-order chi connectivity index (χ0) is 21.2. The molecular formula is C20H30N2O7. The fraction of sp³-hybridized carbons (Fsp3) is 0.600. The Morgan fingerprint density at radius 1 is 1.00 bits per heavy atom. The van der Waals surface area contributed by atoms with Gasteiger partial charge in [0.2, 0.25) is 11.8 Å². The van der Waals surface area contributed by atoms with E-state index in [1.807, 2.05) is 30.3 Å². The van der Waals surface area contributed by atoms with Gasteiger partial charge in [-0.2, -0.15) is 0 Å². The van der Waals surface area contributed by atoms with E-state index in [9.17, 15) is 24.9 Å². The van der Waals surface area contributed by atoms with Crippen LogP contribution in [0.15, 0.2) is 30.3 Å². The molecule has 5 N–H and O–H groups in total. The summed E-state index contributed by atoms with van der Waals surface area (Å²) in [7, 11) is 0. The van der Waals surface area contributed by atoms with Gasteiger partial charge in [-0.05, 0) is 31.9 Å². The Bertz CT molecular complexity index is 643. The van der Waals surface area contributed by atoms with Gasteiger partial charge >= 0.3 is 0 Å². The molecule has 0 aromatic heterocycles. The number of aliphatic hydroxyl groups is 3. The molecule has 0 spiro atoms. The van der Waals surface area contributed by atoms with Crippen molar-refractivity contribution in [3.63, 3.8) is 0 Å². The SMILES string of the molecule is C[C@@H]1O[C@@H](OCCNC(=O)CCCCC(=O)Nc2ccccc2)[C@@H](O)[C@H](O)[C@@H]1O. The smallest absolute Gasteiger partial charge is 0.224 e. The zero-order valence-electron chi connectivity index (χ0n) is 16.5. The lowest BCUT2D eigenvalue weighted by atomic mass is 10.0. The Morgan fingerprint density at radius 3 is 2.34 bits per heavy atom. The summed E-state index contributed by atoms with van der Waals surface area (Å²) >= 11 is 0. The predicted molar refractivity (Wildman–Crippen MR) is 105 cm³/mol. The first-order valence-electron chi connectivity index (χ1n) is 9.81. The second-order valence-electron chi connectivity index (χ2n) is 7.02. The number of para-hydroxylation sites is 1. The third-order valence-electron chi connectivity index (χ3n) is 4.63. The lowest BCUT2D eigenvalue weighted by molar-refractivity contribution is -0.292. The number of hydrogen-bond donors (Lipinski definition) is 5. The van der Waals surface area contributed by atoms with E-state index in [1.54, 1.807) is 6.92 Å². The number of nitrogens with one attached hydrogen (secondary N) is 2. The molecule has 1 heterocycles. The Labute approximate surface area is 170 Å². The molecule has 0 saturated carbocycles. The summed E-state index contributed by atoms with van der Waals surface area (Å²) < 4.78 is 10.6. The molecule has 162 valence electrons. The van der Waals surface area contributed by atoms with Crippen molar-refractivity contribution in [1.82, 2.24) is 5.32 Å². The summed E-state index contributed by atoms with van der Waals surface area (Å²) in [4.78, 5) is 23.6. The van der Waals surface area contributed by atoms with Crippen LogP contribution in [0.2, 0.25) is 0 Å². The number of aliphatic hydroxyl groups excluding tert-OH is 3. The van der Waals surface area contributed by atoms with Crippen LogP contribution in [-0.2, 0) is 19.1 Å². The highest BCUT2D eigenvalue weighted by atomic mass is 16.7. The van der Waals surface area contributed by atoms with E-state index in [2.05, 4.69) is 10.6 Å². The van der Waals surface area contributed by atoms with Gasteiger partial charge in [-0.3, -0.25) is 9.59 Å². The Hall–Kier alpha value is -2.04. The zero-order valence-corrected chi connectivity index (χ0v) is 16.5. The predicted octanol–water partition coefficient (Wildman–Crippen LogP) is 0.146. The Morgan fingerprint density at radius 2 is 1.66 bits per heavy atom. The van der Waals surface area contributed by atoms with Gasteiger partial charge in [-0.15, -0.1) is 0 Å². The highest BCUT2D eigenvalue weighted by Gasteiger charge is 2.42. The van der Waals surface area contributed by atoms with Crippen molar-refractivity contribution in [2.24, 2.45) is 0 Å². The highest BCUT2D eigenvalue weighted by molar-refractivity contribution is 5.90. The van der Waals surface area contributed by atoms with E-state index in [0.717, 1.165) is 5.69 Å². The third-order valence-corrected chi connectivity index (χ3v) is 4.63. The van der Waals surface area contributed by atoms with Crippen LogP contribution < -0.4 is 10.6 Å². The summed E-state index contributed by atoms with van der Waals surface area (Å²) in [5, 5.41) is 34.6. The van der Waals surface area contributed by atoms with E-state index >= 15 is 0 Å². The molecule has 1 fully saturated rings. The van der Waals surface area contributed by atoms with Crippen LogP contribution in [0, 0.1) is 0 Å². The van der Waals surface area contributed by atoms with Gasteiger partial charge in [0, 0.05) is 25.1 Å². The van der Waals surface area contributed by atoms with E-state index in [-0.39, 0.29) is 25.0 Å². The molecule has 29 heavy (non-hydrogen) atoms. The second kappa shape index (κ2) is 11.8. The van der Waals surface area contributed by atoms with Crippen molar-refractivity contribution in [2.45, 2.75) is 63.3 Å². The first-order chi connectivity index (χ1) is 13.9. The summed E-state index contributed by atoms with van der Waals surface area (Å²) in [6, 6.07) is 9.19. The minimum atomic E-state index is -1.36. The molecule has 2 rings (SSSR count). The van der Waals surface area contributed by atoms with Gasteiger partial charge < -0.3 is 35.4 Å². The molecular weight excluding hydrogens is 380 g/mol. The number of carbonyl (C=O) groups excluding carboxylic acids is 2. The van der Waals surface area contributed by atoms with Crippen molar-refractivity contribution >= 4 is 17.5 Å². The number of hydrogen-bond acceptors (Lipinski definition) is 7. The fourth-order valence-corrected chi connectivity index (χ4v) is 2.92. The van der Waals surface area contributed by atoms with Gasteiger partial charge in [0.05, 0.1) is 12.7 Å². The largest absolute Gasteiger partial charge is 0.388 e. The number of ether oxygens (including phenoxy) is 2. The lowest BCUT2D eigenvalue weighted by Crippen LogP contribution is -2.57. The van der Waals surface area contributed by atoms with Gasteiger partial charge in [0.15, 0.2) is 6.29 Å². The van der Waals surface area contributed by atoms with E-state index in [4.69, 9.17) is 9.47 Å². The number of rotatable bonds is 10. The lowest BCUT2D eigenvalue weighted by Gasteiger charge is -2.38. The molecule has 0 bridgehead atoms. The maximum atomic E-state index is 11.8. The Balaban J connectivity index is 1.52. The first kappa shape index (κ1) is 23.2. The van der Waals surface area contributed by atoms with Crippen molar-refractivity contribution in [3.8, 4) is 0 Å². The van der Waals surface area contributed by atoms with Crippen molar-refractivity contribution in [2.75, 3.05) is 18.5 Å². The molecule has 1 aliphatic heterocycles. The van der Waals surface area contributed by atoms with Gasteiger partial charge in [-0.25, -0.2) is 0 Å². The molecule has 5 atom stereocenters. The van der Waals surface area contributed by atoms with Gasteiger partial charge in [0.1, 0.15) is 18.3 Å². The standard InChI is InChI=1S/C20H30N2O7/c1-13-17(25)18(26)19(27)20(29-13)28-12-11-21-15(23)9-5-6-10-16(24)22-14-7-3-2-4-8-14/h2-4,7-8,13,17-20,25-27H,5-6,9-12H2,1H3,(H,21,23)(H,22,24)/t13-,17+,18+,19-,20+/m0/s1. The van der Waals surface area contributed by atoms with E-state index in [1.165, 1.54) is 0 Å². The van der Waals surface area contributed by atoms with Crippen LogP contribution >= 0.6 is 0 Å². The normalized spacial score (nSPS) is 26.7. The molecule has 1 aliphatic rings. The molecule has 1 aromatic rings. The molecule has 0 aliphatic carbocycles. The summed E-state index contributed by atoms with van der Waals surface area (Å²) in [6.45, 7) is 1.87. The summed E-state index contributed by atoms with van der Waals surface area (Å²) in [5.74, 6) is -0.247. The quantitative estimate of drug-likeness (QED) is 0.346. The number of amides is 2. The molecule has 0 radical (unpaired) electrons. The van der Waals surface area contributed by atoms with E-state index in [0.29, 0.717) is 25.7 Å². The molecule has 9 nitrogen and oxygen atoms in total. The van der Waals surface area contributed by atoms with Crippen LogP contribution in [0.4, 0.5) is 5.69 Å². The van der Waals surface area contributed by atoms with Crippen LogP contribution in [0.5, 0.6) is 0 Å². The minimum absolute atomic E-state index is 0.0856. The number of unbranched alkanes of at least 4 members (excludes halogenated alkanes) is 1. The average molecular weight is 410 g/mol. The Kier molecular flexibility index (Phi) is 9.49. The van der Waals surface area contributed by atoms with Crippen molar-refractivity contribution in [1.29, 1.82) is 0 Å². The molecule has 9 heteroatoms. The first-order valence-corrected chi connectivity index (χ1v) is 9.81. The fourth-order valence-electron chi connectivity index (χ4n) is 2.92. The van der Waals surface area contributed by atoms with E-state index < -0.39 is 30.7 Å². The van der Waals surface area contributed by atoms with Crippen LogP contribution in [0.3, 0.4) is 0 Å². The van der Waals surface area contributed by atoms with Crippen molar-refractivity contribution in [3.05, 3.63) is 30.3 Å². The second-order valence-corrected chi connectivity index (χ2v) is 7.02. The molecule has 2 amide bonds. The van der Waals surface area contributed by atoms with Crippen LogP contribution in [-0.4, -0.2) is 71.0 Å². The molecule has 1 saturated heterocycles. The average Bonchev–Trinajstić information content (AvgIpc) is 2.71. The monoisotopic (exact) mass is 410 g/mol. The van der Waals surface area contributed by atoms with Crippen LogP contribution in [0.25, 0.3) is 0 Å². The number of carbonyl (C=O) groups is 2. The third kappa shape index (κ3) is 7.71. The number of benzene rings is 1. The number of anilines is 1. The maximum absolute atomic E-state index is 11.8.